The van der Waals surface area contributed by atoms with Gasteiger partial charge in [0.25, 0.3) is 5.56 Å². The Morgan fingerprint density at radius 1 is 1.12 bits per heavy atom. The molecule has 0 saturated carbocycles. The van der Waals surface area contributed by atoms with Gasteiger partial charge in [0.05, 0.1) is 23.6 Å². The van der Waals surface area contributed by atoms with Crippen molar-refractivity contribution in [2.24, 2.45) is 0 Å². The Kier molecular flexibility index (Phi) is 7.19. The second-order valence-corrected chi connectivity index (χ2v) is 7.37. The van der Waals surface area contributed by atoms with Gasteiger partial charge in [-0.15, -0.1) is 0 Å². The van der Waals surface area contributed by atoms with Crippen LogP contribution in [0.5, 0.6) is 0 Å². The fourth-order valence-corrected chi connectivity index (χ4v) is 3.38. The molecule has 0 aliphatic carbocycles. The zero-order chi connectivity index (χ0) is 23.3. The Morgan fingerprint density at radius 2 is 1.88 bits per heavy atom. The first kappa shape index (κ1) is 22.9. The zero-order valence-corrected chi connectivity index (χ0v) is 18.7. The van der Waals surface area contributed by atoms with Gasteiger partial charge in [0, 0.05) is 17.5 Å². The molecule has 168 valence electrons. The van der Waals surface area contributed by atoms with Crippen molar-refractivity contribution in [1.29, 1.82) is 0 Å². The molecule has 0 aliphatic rings. The molecule has 32 heavy (non-hydrogen) atoms. The van der Waals surface area contributed by atoms with Gasteiger partial charge in [-0.1, -0.05) is 25.5 Å². The monoisotopic (exact) mass is 437 g/mol. The van der Waals surface area contributed by atoms with E-state index in [4.69, 9.17) is 4.74 Å². The number of carbonyl (C=O) groups is 2. The van der Waals surface area contributed by atoms with Crippen molar-refractivity contribution in [1.82, 2.24) is 19.3 Å². The minimum absolute atomic E-state index is 0.221. The van der Waals surface area contributed by atoms with Gasteiger partial charge in [-0.25, -0.2) is 14.5 Å². The van der Waals surface area contributed by atoms with E-state index < -0.39 is 11.9 Å². The summed E-state index contributed by atoms with van der Waals surface area (Å²) in [4.78, 5) is 42.6. The number of amides is 1. The van der Waals surface area contributed by atoms with Crippen LogP contribution in [0.1, 0.15) is 47.7 Å². The highest BCUT2D eigenvalue weighted by atomic mass is 16.5. The van der Waals surface area contributed by atoms with Crippen LogP contribution in [0, 0.1) is 13.8 Å². The van der Waals surface area contributed by atoms with Gasteiger partial charge in [-0.3, -0.25) is 14.2 Å². The summed E-state index contributed by atoms with van der Waals surface area (Å²) in [6, 6.07) is 9.88. The molecule has 1 N–H and O–H groups in total. The number of hydrogen-bond donors (Lipinski definition) is 1. The van der Waals surface area contributed by atoms with Crippen molar-refractivity contribution in [2.75, 3.05) is 11.9 Å². The standard InChI is InChI=1S/C23H27N5O4/c1-5-9-17-13-21(30)27(23(24-17)28-16(4)12-15(3)26-28)14-20(29)25-19-11-8-7-10-18(19)22(31)32-6-2/h7-8,10-13H,5-6,9,14H2,1-4H3,(H,25,29). The Balaban J connectivity index is 1.96. The molecule has 0 saturated heterocycles. The number of nitrogens with zero attached hydrogens (tertiary/aromatic N) is 4. The summed E-state index contributed by atoms with van der Waals surface area (Å²) in [5, 5.41) is 7.14. The summed E-state index contributed by atoms with van der Waals surface area (Å²) >= 11 is 0. The van der Waals surface area contributed by atoms with Crippen LogP contribution >= 0.6 is 0 Å². The fraction of sp³-hybridized carbons (Fsp3) is 0.348. The smallest absolute Gasteiger partial charge is 0.340 e. The van der Waals surface area contributed by atoms with E-state index in [0.29, 0.717) is 17.8 Å². The normalized spacial score (nSPS) is 10.8. The molecule has 3 rings (SSSR count). The number of rotatable bonds is 8. The Morgan fingerprint density at radius 3 is 2.53 bits per heavy atom. The van der Waals surface area contributed by atoms with Crippen LogP contribution in [0.3, 0.4) is 0 Å². The van der Waals surface area contributed by atoms with Gasteiger partial charge < -0.3 is 10.1 Å². The Bertz CT molecular complexity index is 1200. The van der Waals surface area contributed by atoms with Crippen molar-refractivity contribution in [3.05, 3.63) is 69.4 Å². The first-order chi connectivity index (χ1) is 15.3. The summed E-state index contributed by atoms with van der Waals surface area (Å²) in [6.45, 7) is 7.35. The summed E-state index contributed by atoms with van der Waals surface area (Å²) in [6.07, 6.45) is 1.47. The van der Waals surface area contributed by atoms with Gasteiger partial charge in [-0.2, -0.15) is 5.10 Å². The van der Waals surface area contributed by atoms with Gasteiger partial charge in [0.15, 0.2) is 0 Å². The molecule has 0 unspecified atom stereocenters. The van der Waals surface area contributed by atoms with Crippen molar-refractivity contribution >= 4 is 17.6 Å². The lowest BCUT2D eigenvalue weighted by Gasteiger charge is -2.15. The number of carbonyl (C=O) groups excluding carboxylic acids is 2. The van der Waals surface area contributed by atoms with E-state index in [-0.39, 0.29) is 30.2 Å². The molecule has 0 atom stereocenters. The molecule has 0 fully saturated rings. The molecule has 9 heteroatoms. The number of hydrogen-bond acceptors (Lipinski definition) is 6. The van der Waals surface area contributed by atoms with Crippen molar-refractivity contribution in [2.45, 2.75) is 47.1 Å². The van der Waals surface area contributed by atoms with Crippen LogP contribution in [0.2, 0.25) is 0 Å². The molecular weight excluding hydrogens is 410 g/mol. The summed E-state index contributed by atoms with van der Waals surface area (Å²) in [5.41, 5.74) is 2.42. The van der Waals surface area contributed by atoms with E-state index in [1.165, 1.54) is 10.6 Å². The molecular formula is C23H27N5O4. The van der Waals surface area contributed by atoms with Crippen LogP contribution in [0.25, 0.3) is 5.95 Å². The van der Waals surface area contributed by atoms with Gasteiger partial charge >= 0.3 is 5.97 Å². The Labute approximate surface area is 186 Å². The fourth-order valence-electron chi connectivity index (χ4n) is 3.38. The first-order valence-electron chi connectivity index (χ1n) is 10.5. The molecule has 1 aromatic carbocycles. The number of para-hydroxylation sites is 1. The maximum absolute atomic E-state index is 12.9. The molecule has 2 aromatic heterocycles. The predicted octanol–water partition coefficient (Wildman–Crippen LogP) is 2.81. The molecule has 2 heterocycles. The number of benzene rings is 1. The lowest BCUT2D eigenvalue weighted by Crippen LogP contribution is -2.32. The second-order valence-electron chi connectivity index (χ2n) is 7.37. The number of ether oxygens (including phenoxy) is 1. The average molecular weight is 438 g/mol. The third kappa shape index (κ3) is 5.11. The van der Waals surface area contributed by atoms with Crippen LogP contribution in [-0.2, 0) is 22.5 Å². The second kappa shape index (κ2) is 10.0. The number of aryl methyl sites for hydroxylation is 3. The van der Waals surface area contributed by atoms with Gasteiger partial charge in [-0.05, 0) is 45.4 Å². The van der Waals surface area contributed by atoms with Crippen molar-refractivity contribution < 1.29 is 14.3 Å². The van der Waals surface area contributed by atoms with E-state index in [2.05, 4.69) is 15.4 Å². The van der Waals surface area contributed by atoms with Crippen molar-refractivity contribution in [3.8, 4) is 5.95 Å². The molecule has 0 aliphatic heterocycles. The molecule has 0 spiro atoms. The van der Waals surface area contributed by atoms with Crippen LogP contribution in [0.4, 0.5) is 5.69 Å². The Hall–Kier alpha value is -3.75. The van der Waals surface area contributed by atoms with Gasteiger partial charge in [0.1, 0.15) is 6.54 Å². The maximum atomic E-state index is 12.9. The van der Waals surface area contributed by atoms with E-state index in [9.17, 15) is 14.4 Å². The van der Waals surface area contributed by atoms with E-state index in [1.807, 2.05) is 26.8 Å². The number of nitrogens with one attached hydrogen (secondary N) is 1. The highest BCUT2D eigenvalue weighted by molar-refractivity contribution is 6.01. The minimum atomic E-state index is -0.533. The third-order valence-electron chi connectivity index (χ3n) is 4.74. The summed E-state index contributed by atoms with van der Waals surface area (Å²) < 4.78 is 7.89. The molecule has 0 radical (unpaired) electrons. The van der Waals surface area contributed by atoms with E-state index in [0.717, 1.165) is 17.8 Å². The SMILES string of the molecule is CCCc1cc(=O)n(CC(=O)Nc2ccccc2C(=O)OCC)c(-n2nc(C)cc2C)n1. The van der Waals surface area contributed by atoms with Gasteiger partial charge in [0.2, 0.25) is 11.9 Å². The van der Waals surface area contributed by atoms with Crippen LogP contribution < -0.4 is 10.9 Å². The van der Waals surface area contributed by atoms with E-state index in [1.54, 1.807) is 35.9 Å². The largest absolute Gasteiger partial charge is 0.462 e. The lowest BCUT2D eigenvalue weighted by molar-refractivity contribution is -0.116. The number of aromatic nitrogens is 4. The molecule has 1 amide bonds. The summed E-state index contributed by atoms with van der Waals surface area (Å²) in [5.74, 6) is -0.730. The first-order valence-corrected chi connectivity index (χ1v) is 10.5. The summed E-state index contributed by atoms with van der Waals surface area (Å²) in [7, 11) is 0. The minimum Gasteiger partial charge on any atom is -0.462 e. The zero-order valence-electron chi connectivity index (χ0n) is 18.7. The average Bonchev–Trinajstić information content (AvgIpc) is 3.08. The highest BCUT2D eigenvalue weighted by Crippen LogP contribution is 2.17. The molecule has 0 bridgehead atoms. The van der Waals surface area contributed by atoms with Crippen LogP contribution in [0.15, 0.2) is 41.2 Å². The van der Waals surface area contributed by atoms with Crippen LogP contribution in [-0.4, -0.2) is 37.8 Å². The van der Waals surface area contributed by atoms with E-state index >= 15 is 0 Å². The maximum Gasteiger partial charge on any atom is 0.340 e. The molecule has 3 aromatic rings. The highest BCUT2D eigenvalue weighted by Gasteiger charge is 2.18. The molecule has 9 nitrogen and oxygen atoms in total. The lowest BCUT2D eigenvalue weighted by atomic mass is 10.2. The van der Waals surface area contributed by atoms with Crippen molar-refractivity contribution in [3.63, 3.8) is 0 Å². The predicted molar refractivity (Wildman–Crippen MR) is 120 cm³/mol. The quantitative estimate of drug-likeness (QED) is 0.543. The third-order valence-corrected chi connectivity index (χ3v) is 4.74. The number of anilines is 1. The number of esters is 1. The topological polar surface area (TPSA) is 108 Å².